The van der Waals surface area contributed by atoms with Gasteiger partial charge in [-0.25, -0.2) is 19.3 Å². The standard InChI is InChI=1S/C39H64N7O18P3S/c1-4-5-6-7-8-9-10-11-12-13-14-15-16-17-27(47)22-30(49)68-21-20-41-29(48)18-19-42-37(52)34(51)39(2,3)24-61-67(58,59)64-66(56,57)60-23-28-33(63-65(53,54)55)32(50)38(62-28)46-26-45-31-35(40)43-25-44-36(31)46/h5-6,8-9,11-12,25-28,32-34,38,47,50-51H,4,7,10,13-24H2,1-3H3,(H,41,48)(H,42,52)(H,56,57)(H,58,59)(H2,40,43,44)(H2,53,54,55)/p-4/b6-5-,9-8-,12-11-/t27-,28+,32+,33+,34-,38+/m0/s1. The number of phosphoric acid groups is 3. The summed E-state index contributed by atoms with van der Waals surface area (Å²) in [5, 5.41) is 36.3. The Morgan fingerprint density at radius 3 is 2.32 bits per heavy atom. The van der Waals surface area contributed by atoms with E-state index in [2.05, 4.69) is 86.8 Å². The minimum Gasteiger partial charge on any atom is -0.790 e. The van der Waals surface area contributed by atoms with E-state index in [9.17, 15) is 63.0 Å². The lowest BCUT2D eigenvalue weighted by Crippen LogP contribution is -2.46. The molecule has 0 aromatic carbocycles. The minimum absolute atomic E-state index is 0.00925. The van der Waals surface area contributed by atoms with Crippen molar-refractivity contribution in [2.24, 2.45) is 5.41 Å². The summed E-state index contributed by atoms with van der Waals surface area (Å²) in [6, 6.07) is 0. The predicted octanol–water partition coefficient (Wildman–Crippen LogP) is 0.697. The molecule has 0 spiro atoms. The van der Waals surface area contributed by atoms with Gasteiger partial charge in [-0.1, -0.05) is 81.8 Å². The molecule has 0 saturated carbocycles. The van der Waals surface area contributed by atoms with Crippen LogP contribution in [0.5, 0.6) is 0 Å². The van der Waals surface area contributed by atoms with Crippen molar-refractivity contribution >= 4 is 69.1 Å². The number of allylic oxidation sites excluding steroid dienone is 6. The fraction of sp³-hybridized carbons (Fsp3) is 0.641. The first-order valence-electron chi connectivity index (χ1n) is 21.6. The third kappa shape index (κ3) is 21.4. The Hall–Kier alpha value is -3.26. The molecule has 1 fully saturated rings. The molecule has 2 unspecified atom stereocenters. The second kappa shape index (κ2) is 28.6. The average Bonchev–Trinajstić information content (AvgIpc) is 3.82. The molecule has 25 nitrogen and oxygen atoms in total. The van der Waals surface area contributed by atoms with E-state index in [1.165, 1.54) is 13.8 Å². The number of anilines is 1. The molecule has 8 atom stereocenters. The van der Waals surface area contributed by atoms with Gasteiger partial charge in [-0.3, -0.25) is 28.1 Å². The highest BCUT2D eigenvalue weighted by atomic mass is 32.2. The maximum absolute atomic E-state index is 12.6. The Bertz CT molecular complexity index is 2180. The maximum atomic E-state index is 12.6. The molecule has 7 N–H and O–H groups in total. The Kier molecular flexibility index (Phi) is 24.8. The van der Waals surface area contributed by atoms with Gasteiger partial charge in [0, 0.05) is 37.1 Å². The maximum Gasteiger partial charge on any atom is 0.274 e. The molecular formula is C39H60N7O18P3S-4. The number of hydrogen-bond donors (Lipinski definition) is 6. The van der Waals surface area contributed by atoms with Crippen LogP contribution < -0.4 is 35.9 Å². The highest BCUT2D eigenvalue weighted by molar-refractivity contribution is 8.13. The molecule has 0 radical (unpaired) electrons. The molecule has 1 aliphatic heterocycles. The minimum atomic E-state index is -5.93. The number of carbonyl (C=O) groups excluding carboxylic acids is 3. The molecule has 0 aliphatic carbocycles. The van der Waals surface area contributed by atoms with Gasteiger partial charge < -0.3 is 74.1 Å². The van der Waals surface area contributed by atoms with Crippen LogP contribution in [0.3, 0.4) is 0 Å². The summed E-state index contributed by atoms with van der Waals surface area (Å²) in [6.45, 7) is 2.07. The van der Waals surface area contributed by atoms with Crippen LogP contribution in [0.4, 0.5) is 5.82 Å². The second-order valence-corrected chi connectivity index (χ2v) is 21.2. The summed E-state index contributed by atoms with van der Waals surface area (Å²) in [6.07, 6.45) is 11.4. The summed E-state index contributed by atoms with van der Waals surface area (Å²) in [5.74, 6) is -1.36. The molecule has 384 valence electrons. The lowest BCUT2D eigenvalue weighted by molar-refractivity contribution is -0.347. The predicted molar refractivity (Wildman–Crippen MR) is 239 cm³/mol. The Balaban J connectivity index is 1.33. The number of nitrogen functional groups attached to an aromatic ring is 1. The topological polar surface area (TPSA) is 395 Å². The van der Waals surface area contributed by atoms with Crippen LogP contribution in [-0.2, 0) is 50.7 Å². The molecule has 29 heteroatoms. The van der Waals surface area contributed by atoms with E-state index in [-0.39, 0.29) is 53.8 Å². The number of aliphatic hydroxyl groups is 3. The number of aliphatic hydroxyl groups excluding tert-OH is 3. The van der Waals surface area contributed by atoms with E-state index in [0.29, 0.717) is 6.42 Å². The van der Waals surface area contributed by atoms with Gasteiger partial charge in [-0.15, -0.1) is 0 Å². The third-order valence-corrected chi connectivity index (χ3v) is 13.7. The number of unbranched alkanes of at least 4 members (excludes halogenated alkanes) is 3. The quantitative estimate of drug-likeness (QED) is 0.0333. The van der Waals surface area contributed by atoms with Crippen molar-refractivity contribution in [3.8, 4) is 0 Å². The molecule has 68 heavy (non-hydrogen) atoms. The van der Waals surface area contributed by atoms with E-state index in [1.54, 1.807) is 0 Å². The molecule has 1 saturated heterocycles. The van der Waals surface area contributed by atoms with E-state index in [0.717, 1.165) is 73.9 Å². The fourth-order valence-corrected chi connectivity index (χ4v) is 9.75. The highest BCUT2D eigenvalue weighted by Crippen LogP contribution is 2.56. The van der Waals surface area contributed by atoms with Crippen LogP contribution in [0.2, 0.25) is 0 Å². The molecule has 2 aromatic heterocycles. The number of carbonyl (C=O) groups is 3. The van der Waals surface area contributed by atoms with Crippen LogP contribution in [0.15, 0.2) is 49.1 Å². The molecule has 1 aliphatic rings. The number of phosphoric ester groups is 3. The summed E-state index contributed by atoms with van der Waals surface area (Å²) in [7, 11) is -17.6. The van der Waals surface area contributed by atoms with E-state index in [1.807, 2.05) is 0 Å². The number of nitrogens with two attached hydrogens (primary N) is 1. The van der Waals surface area contributed by atoms with Crippen molar-refractivity contribution in [3.05, 3.63) is 49.1 Å². The Labute approximate surface area is 397 Å². The largest absolute Gasteiger partial charge is 0.790 e. The monoisotopic (exact) mass is 1040 g/mol. The highest BCUT2D eigenvalue weighted by Gasteiger charge is 2.47. The number of fused-ring (bicyclic) bond motifs is 1. The van der Waals surface area contributed by atoms with Gasteiger partial charge >= 0.3 is 0 Å². The molecular weight excluding hydrogens is 979 g/mol. The van der Waals surface area contributed by atoms with Crippen molar-refractivity contribution in [2.75, 3.05) is 37.8 Å². The lowest BCUT2D eigenvalue weighted by Gasteiger charge is -2.36. The first-order valence-corrected chi connectivity index (χ1v) is 26.9. The number of nitrogens with zero attached hydrogens (tertiary/aromatic N) is 4. The van der Waals surface area contributed by atoms with Gasteiger partial charge in [0.05, 0.1) is 33.5 Å². The Morgan fingerprint density at radius 1 is 0.956 bits per heavy atom. The summed E-state index contributed by atoms with van der Waals surface area (Å²) < 4.78 is 60.8. The van der Waals surface area contributed by atoms with Crippen LogP contribution in [0.25, 0.3) is 11.2 Å². The van der Waals surface area contributed by atoms with Gasteiger partial charge in [0.15, 0.2) is 22.8 Å². The molecule has 2 aromatic rings. The zero-order valence-electron chi connectivity index (χ0n) is 37.8. The van der Waals surface area contributed by atoms with Crippen molar-refractivity contribution in [3.63, 3.8) is 0 Å². The van der Waals surface area contributed by atoms with Gasteiger partial charge in [0.1, 0.15) is 36.3 Å². The normalized spacial score (nSPS) is 20.8. The van der Waals surface area contributed by atoms with E-state index in [4.69, 9.17) is 10.5 Å². The van der Waals surface area contributed by atoms with Crippen molar-refractivity contribution in [1.29, 1.82) is 0 Å². The first kappa shape index (κ1) is 59.1. The van der Waals surface area contributed by atoms with Gasteiger partial charge in [0.25, 0.3) is 15.6 Å². The zero-order chi connectivity index (χ0) is 50.5. The van der Waals surface area contributed by atoms with Crippen LogP contribution >= 0.6 is 35.2 Å². The lowest BCUT2D eigenvalue weighted by atomic mass is 9.87. The van der Waals surface area contributed by atoms with E-state index < -0.39 is 90.7 Å². The number of aromatic nitrogens is 4. The number of nitrogens with one attached hydrogen (secondary N) is 2. The smallest absolute Gasteiger partial charge is 0.274 e. The fourth-order valence-electron chi connectivity index (χ4n) is 6.27. The Morgan fingerprint density at radius 2 is 1.63 bits per heavy atom. The molecule has 0 bridgehead atoms. The van der Waals surface area contributed by atoms with Crippen molar-refractivity contribution < 1.29 is 85.6 Å². The van der Waals surface area contributed by atoms with Crippen LogP contribution in [0, 0.1) is 5.41 Å². The average molecular weight is 1040 g/mol. The molecule has 3 rings (SSSR count). The number of imidazole rings is 1. The van der Waals surface area contributed by atoms with Crippen molar-refractivity contribution in [1.82, 2.24) is 30.2 Å². The molecule has 3 heterocycles. The van der Waals surface area contributed by atoms with Crippen LogP contribution in [0.1, 0.15) is 91.2 Å². The van der Waals surface area contributed by atoms with E-state index >= 15 is 0 Å². The number of amides is 2. The number of ether oxygens (including phenoxy) is 1. The second-order valence-electron chi connectivity index (χ2n) is 16.0. The summed E-state index contributed by atoms with van der Waals surface area (Å²) in [4.78, 5) is 96.9. The van der Waals surface area contributed by atoms with Crippen LogP contribution in [-0.4, -0.2) is 114 Å². The first-order chi connectivity index (χ1) is 31.9. The summed E-state index contributed by atoms with van der Waals surface area (Å²) >= 11 is 0.970. The van der Waals surface area contributed by atoms with Crippen molar-refractivity contribution in [2.45, 2.75) is 122 Å². The zero-order valence-corrected chi connectivity index (χ0v) is 41.3. The number of hydrogen-bond acceptors (Lipinski definition) is 23. The summed E-state index contributed by atoms with van der Waals surface area (Å²) in [5.41, 5.74) is 4.05. The number of rotatable bonds is 32. The van der Waals surface area contributed by atoms with Gasteiger partial charge in [0.2, 0.25) is 11.8 Å². The third-order valence-electron chi connectivity index (χ3n) is 9.83. The van der Waals surface area contributed by atoms with Gasteiger partial charge in [-0.05, 0) is 38.5 Å². The van der Waals surface area contributed by atoms with Gasteiger partial charge in [-0.2, -0.15) is 0 Å². The SMILES string of the molecule is CC/C=C\C/C=C\C/C=C\CCCCC[C@H](O)CC(=O)SCCNC(=O)CCNC(=O)[C@H](O)C(C)(C)COP(=O)([O-])OP(=O)([O-])OC[C@H]1O[C@@H](n2cnc3c(N)ncnc32)[C@H](O)[C@@H]1OP(=O)([O-])[O-]. The number of thioether (sulfide) groups is 1. The molecule has 2 amide bonds.